The lowest BCUT2D eigenvalue weighted by Crippen LogP contribution is -2.34. The molecular weight excluding hydrogens is 262 g/mol. The van der Waals surface area contributed by atoms with Gasteiger partial charge in [-0.25, -0.2) is 0 Å². The van der Waals surface area contributed by atoms with Crippen molar-refractivity contribution in [2.45, 2.75) is 45.6 Å². The molecule has 3 heteroatoms. The van der Waals surface area contributed by atoms with E-state index in [1.807, 2.05) is 30.3 Å². The van der Waals surface area contributed by atoms with Gasteiger partial charge in [0.05, 0.1) is 0 Å². The van der Waals surface area contributed by atoms with Crippen molar-refractivity contribution in [2.24, 2.45) is 17.8 Å². The van der Waals surface area contributed by atoms with Crippen LogP contribution in [0.15, 0.2) is 30.3 Å². The van der Waals surface area contributed by atoms with E-state index in [1.165, 1.54) is 25.7 Å². The number of rotatable bonds is 6. The number of nitrogens with one attached hydrogen (secondary N) is 1. The van der Waals surface area contributed by atoms with Crippen LogP contribution in [0.1, 0.15) is 51.1 Å². The Morgan fingerprint density at radius 3 is 2.33 bits per heavy atom. The molecule has 0 aliphatic heterocycles. The number of carbonyl (C=O) groups is 1. The number of hydrogen-bond acceptors (Lipinski definition) is 2. The molecule has 1 aliphatic carbocycles. The minimum Gasteiger partial charge on any atom is -0.480 e. The highest BCUT2D eigenvalue weighted by molar-refractivity contribution is 5.75. The van der Waals surface area contributed by atoms with Crippen LogP contribution in [0.25, 0.3) is 0 Å². The van der Waals surface area contributed by atoms with E-state index < -0.39 is 12.0 Å². The number of hydrogen-bond donors (Lipinski definition) is 2. The van der Waals surface area contributed by atoms with Crippen molar-refractivity contribution in [1.82, 2.24) is 5.32 Å². The molecule has 0 unspecified atom stereocenters. The van der Waals surface area contributed by atoms with E-state index >= 15 is 0 Å². The Morgan fingerprint density at radius 2 is 1.81 bits per heavy atom. The van der Waals surface area contributed by atoms with Crippen LogP contribution in [0.5, 0.6) is 0 Å². The van der Waals surface area contributed by atoms with Crippen LogP contribution in [0, 0.1) is 17.8 Å². The number of benzene rings is 1. The largest absolute Gasteiger partial charge is 0.480 e. The number of carboxylic acids is 1. The maximum absolute atomic E-state index is 11.5. The molecule has 1 fully saturated rings. The van der Waals surface area contributed by atoms with Gasteiger partial charge in [-0.15, -0.1) is 0 Å². The molecular formula is C18H27NO2. The maximum atomic E-state index is 11.5. The standard InChI is InChI=1S/C18H27NO2/c1-13(2)15-10-8-14(9-11-15)12-19-17(18(20)21)16-6-4-3-5-7-16/h3-7,13-15,17,19H,8-12H2,1-2H3,(H,20,21)/t14?,15?,17-/m0/s1. The molecule has 2 N–H and O–H groups in total. The molecule has 0 spiro atoms. The van der Waals surface area contributed by atoms with Gasteiger partial charge in [-0.3, -0.25) is 4.79 Å². The normalized spacial score (nSPS) is 24.0. The predicted molar refractivity (Wildman–Crippen MR) is 85.1 cm³/mol. The summed E-state index contributed by atoms with van der Waals surface area (Å²) in [5.41, 5.74) is 0.834. The molecule has 0 radical (unpaired) electrons. The van der Waals surface area contributed by atoms with Crippen LogP contribution in [-0.4, -0.2) is 17.6 Å². The Hall–Kier alpha value is -1.35. The monoisotopic (exact) mass is 289 g/mol. The lowest BCUT2D eigenvalue weighted by atomic mass is 9.77. The van der Waals surface area contributed by atoms with Crippen LogP contribution in [-0.2, 0) is 4.79 Å². The van der Waals surface area contributed by atoms with E-state index in [-0.39, 0.29) is 0 Å². The summed E-state index contributed by atoms with van der Waals surface area (Å²) in [6.07, 6.45) is 5.01. The van der Waals surface area contributed by atoms with Crippen molar-refractivity contribution in [3.63, 3.8) is 0 Å². The van der Waals surface area contributed by atoms with Crippen molar-refractivity contribution in [2.75, 3.05) is 6.54 Å². The zero-order valence-corrected chi connectivity index (χ0v) is 13.1. The van der Waals surface area contributed by atoms with Crippen molar-refractivity contribution in [1.29, 1.82) is 0 Å². The Morgan fingerprint density at radius 1 is 1.19 bits per heavy atom. The zero-order chi connectivity index (χ0) is 15.2. The Bertz CT molecular complexity index is 436. The summed E-state index contributed by atoms with van der Waals surface area (Å²) in [4.78, 5) is 11.5. The van der Waals surface area contributed by atoms with Crippen LogP contribution in [0.4, 0.5) is 0 Å². The van der Waals surface area contributed by atoms with E-state index in [1.54, 1.807) is 0 Å². The molecule has 116 valence electrons. The van der Waals surface area contributed by atoms with Crippen molar-refractivity contribution >= 4 is 5.97 Å². The van der Waals surface area contributed by atoms with Crippen molar-refractivity contribution in [3.8, 4) is 0 Å². The molecule has 1 aromatic rings. The summed E-state index contributed by atoms with van der Waals surface area (Å²) in [6.45, 7) is 5.41. The van der Waals surface area contributed by atoms with E-state index in [2.05, 4.69) is 19.2 Å². The molecule has 1 saturated carbocycles. The first kappa shape index (κ1) is 16.0. The van der Waals surface area contributed by atoms with E-state index in [4.69, 9.17) is 0 Å². The third-order valence-corrected chi connectivity index (χ3v) is 4.82. The first-order chi connectivity index (χ1) is 10.1. The fraction of sp³-hybridized carbons (Fsp3) is 0.611. The quantitative estimate of drug-likeness (QED) is 0.836. The highest BCUT2D eigenvalue weighted by atomic mass is 16.4. The molecule has 0 heterocycles. The average molecular weight is 289 g/mol. The van der Waals surface area contributed by atoms with E-state index in [9.17, 15) is 9.90 Å². The molecule has 0 aromatic heterocycles. The van der Waals surface area contributed by atoms with Gasteiger partial charge in [0.2, 0.25) is 0 Å². The summed E-state index contributed by atoms with van der Waals surface area (Å²) in [5, 5.41) is 12.7. The average Bonchev–Trinajstić information content (AvgIpc) is 2.48. The molecule has 1 aliphatic rings. The van der Waals surface area contributed by atoms with Crippen molar-refractivity contribution in [3.05, 3.63) is 35.9 Å². The fourth-order valence-electron chi connectivity index (χ4n) is 3.34. The molecule has 21 heavy (non-hydrogen) atoms. The van der Waals surface area contributed by atoms with Gasteiger partial charge in [-0.05, 0) is 55.5 Å². The molecule has 1 atom stereocenters. The molecule has 3 nitrogen and oxygen atoms in total. The zero-order valence-electron chi connectivity index (χ0n) is 13.1. The van der Waals surface area contributed by atoms with Crippen LogP contribution < -0.4 is 5.32 Å². The lowest BCUT2D eigenvalue weighted by molar-refractivity contribution is -0.139. The third-order valence-electron chi connectivity index (χ3n) is 4.82. The second kappa shape index (κ2) is 7.60. The summed E-state index contributed by atoms with van der Waals surface area (Å²) >= 11 is 0. The number of carboxylic acid groups (broad SMARTS) is 1. The van der Waals surface area contributed by atoms with Gasteiger partial charge in [0.1, 0.15) is 6.04 Å². The Labute approximate surface area is 127 Å². The summed E-state index contributed by atoms with van der Waals surface area (Å²) in [7, 11) is 0. The SMILES string of the molecule is CC(C)C1CCC(CN[C@H](C(=O)O)c2ccccc2)CC1. The lowest BCUT2D eigenvalue weighted by Gasteiger charge is -2.31. The van der Waals surface area contributed by atoms with E-state index in [0.29, 0.717) is 5.92 Å². The minimum absolute atomic E-state index is 0.589. The predicted octanol–water partition coefficient (Wildman–Crippen LogP) is 3.86. The molecule has 0 saturated heterocycles. The van der Waals surface area contributed by atoms with Gasteiger partial charge in [0.15, 0.2) is 0 Å². The summed E-state index contributed by atoms with van der Waals surface area (Å²) < 4.78 is 0. The van der Waals surface area contributed by atoms with Gasteiger partial charge in [-0.2, -0.15) is 0 Å². The smallest absolute Gasteiger partial charge is 0.325 e. The third kappa shape index (κ3) is 4.57. The first-order valence-electron chi connectivity index (χ1n) is 8.09. The second-order valence-electron chi connectivity index (χ2n) is 6.62. The van der Waals surface area contributed by atoms with Crippen LogP contribution in [0.3, 0.4) is 0 Å². The highest BCUT2D eigenvalue weighted by Gasteiger charge is 2.25. The summed E-state index contributed by atoms with van der Waals surface area (Å²) in [5.74, 6) is 1.45. The topological polar surface area (TPSA) is 49.3 Å². The van der Waals surface area contributed by atoms with Gasteiger partial charge >= 0.3 is 5.97 Å². The van der Waals surface area contributed by atoms with Crippen LogP contribution >= 0.6 is 0 Å². The number of aliphatic carboxylic acids is 1. The Balaban J connectivity index is 1.85. The fourth-order valence-corrected chi connectivity index (χ4v) is 3.34. The van der Waals surface area contributed by atoms with Crippen molar-refractivity contribution < 1.29 is 9.90 Å². The van der Waals surface area contributed by atoms with Crippen LogP contribution in [0.2, 0.25) is 0 Å². The Kier molecular flexibility index (Phi) is 5.80. The summed E-state index contributed by atoms with van der Waals surface area (Å²) in [6, 6.07) is 8.86. The molecule has 0 amide bonds. The van der Waals surface area contributed by atoms with E-state index in [0.717, 1.165) is 23.9 Å². The van der Waals surface area contributed by atoms with Gasteiger partial charge in [-0.1, -0.05) is 44.2 Å². The molecule has 0 bridgehead atoms. The van der Waals surface area contributed by atoms with Gasteiger partial charge in [0.25, 0.3) is 0 Å². The highest BCUT2D eigenvalue weighted by Crippen LogP contribution is 2.33. The second-order valence-corrected chi connectivity index (χ2v) is 6.62. The van der Waals surface area contributed by atoms with Gasteiger partial charge in [0, 0.05) is 0 Å². The maximum Gasteiger partial charge on any atom is 0.325 e. The molecule has 1 aromatic carbocycles. The first-order valence-corrected chi connectivity index (χ1v) is 8.09. The molecule has 2 rings (SSSR count). The van der Waals surface area contributed by atoms with Gasteiger partial charge < -0.3 is 10.4 Å². The minimum atomic E-state index is -0.794.